The lowest BCUT2D eigenvalue weighted by atomic mass is 10.2. The maximum atomic E-state index is 12.4. The van der Waals surface area contributed by atoms with Gasteiger partial charge in [0.1, 0.15) is 17.2 Å². The Bertz CT molecular complexity index is 760. The summed E-state index contributed by atoms with van der Waals surface area (Å²) in [6.07, 6.45) is 1.53. The Kier molecular flexibility index (Phi) is 6.00. The molecule has 9 heteroatoms. The van der Waals surface area contributed by atoms with Crippen LogP contribution >= 0.6 is 23.1 Å². The van der Waals surface area contributed by atoms with E-state index in [0.717, 1.165) is 4.88 Å². The van der Waals surface area contributed by atoms with Crippen molar-refractivity contribution in [1.82, 2.24) is 10.2 Å². The first-order valence-electron chi connectivity index (χ1n) is 7.96. The lowest BCUT2D eigenvalue weighted by Crippen LogP contribution is -2.43. The first-order chi connectivity index (χ1) is 12.6. The SMILES string of the molecule is CC(=O)N1[C@@H](C(=O)OCC(=O)NCc2cccs2)CS[C@@H]1c1ccco1. The van der Waals surface area contributed by atoms with Crippen LogP contribution in [-0.2, 0) is 25.7 Å². The van der Waals surface area contributed by atoms with Crippen molar-refractivity contribution in [3.8, 4) is 0 Å². The van der Waals surface area contributed by atoms with Crippen LogP contribution in [0, 0.1) is 0 Å². The molecule has 0 unspecified atom stereocenters. The second-order valence-corrected chi connectivity index (χ2v) is 7.75. The van der Waals surface area contributed by atoms with Crippen LogP contribution in [0.3, 0.4) is 0 Å². The zero-order valence-electron chi connectivity index (χ0n) is 14.0. The fraction of sp³-hybridized carbons (Fsp3) is 0.353. The molecule has 0 aromatic carbocycles. The molecule has 1 saturated heterocycles. The first-order valence-corrected chi connectivity index (χ1v) is 9.88. The maximum absolute atomic E-state index is 12.4. The average molecular weight is 394 g/mol. The third-order valence-corrected chi connectivity index (χ3v) is 5.97. The van der Waals surface area contributed by atoms with E-state index in [1.807, 2.05) is 17.5 Å². The van der Waals surface area contributed by atoms with Crippen molar-refractivity contribution in [2.75, 3.05) is 12.4 Å². The number of amides is 2. The molecular formula is C17H18N2O5S2. The van der Waals surface area contributed by atoms with E-state index >= 15 is 0 Å². The van der Waals surface area contributed by atoms with E-state index in [2.05, 4.69) is 5.32 Å². The van der Waals surface area contributed by atoms with Gasteiger partial charge in [0.25, 0.3) is 5.91 Å². The molecule has 3 heterocycles. The van der Waals surface area contributed by atoms with Crippen LogP contribution in [0.25, 0.3) is 0 Å². The largest absolute Gasteiger partial charge is 0.466 e. The van der Waals surface area contributed by atoms with Crippen LogP contribution in [-0.4, -0.2) is 41.1 Å². The lowest BCUT2D eigenvalue weighted by molar-refractivity contribution is -0.156. The number of carbonyl (C=O) groups excluding carboxylic acids is 3. The summed E-state index contributed by atoms with van der Waals surface area (Å²) >= 11 is 2.96. The molecule has 1 aliphatic heterocycles. The average Bonchev–Trinajstić information content (AvgIpc) is 3.37. The van der Waals surface area contributed by atoms with Gasteiger partial charge in [-0.15, -0.1) is 23.1 Å². The number of thioether (sulfide) groups is 1. The van der Waals surface area contributed by atoms with Crippen LogP contribution in [0.2, 0.25) is 0 Å². The molecule has 2 amide bonds. The number of nitrogens with one attached hydrogen (secondary N) is 1. The highest BCUT2D eigenvalue weighted by Crippen LogP contribution is 2.41. The molecule has 2 atom stereocenters. The highest BCUT2D eigenvalue weighted by Gasteiger charge is 2.43. The number of carbonyl (C=O) groups is 3. The topological polar surface area (TPSA) is 88.8 Å². The van der Waals surface area contributed by atoms with E-state index in [1.165, 1.54) is 41.2 Å². The molecule has 26 heavy (non-hydrogen) atoms. The monoisotopic (exact) mass is 394 g/mol. The number of hydrogen-bond acceptors (Lipinski definition) is 7. The molecule has 0 bridgehead atoms. The minimum absolute atomic E-state index is 0.250. The number of nitrogens with zero attached hydrogens (tertiary/aromatic N) is 1. The predicted octanol–water partition coefficient (Wildman–Crippen LogP) is 2.16. The van der Waals surface area contributed by atoms with Crippen molar-refractivity contribution in [3.05, 3.63) is 46.5 Å². The number of thiophene rings is 1. The Morgan fingerprint density at radius 1 is 1.35 bits per heavy atom. The molecule has 138 valence electrons. The fourth-order valence-electron chi connectivity index (χ4n) is 2.61. The number of ether oxygens (including phenoxy) is 1. The Balaban J connectivity index is 1.53. The van der Waals surface area contributed by atoms with Gasteiger partial charge in [0.15, 0.2) is 6.61 Å². The first kappa shape index (κ1) is 18.5. The van der Waals surface area contributed by atoms with E-state index < -0.39 is 12.0 Å². The minimum Gasteiger partial charge on any atom is -0.466 e. The third-order valence-electron chi connectivity index (χ3n) is 3.81. The van der Waals surface area contributed by atoms with Crippen molar-refractivity contribution >= 4 is 40.9 Å². The number of furan rings is 1. The summed E-state index contributed by atoms with van der Waals surface area (Å²) in [5.74, 6) is -0.224. The van der Waals surface area contributed by atoms with Crippen LogP contribution in [0.15, 0.2) is 40.3 Å². The van der Waals surface area contributed by atoms with Crippen molar-refractivity contribution < 1.29 is 23.5 Å². The standard InChI is InChI=1S/C17H18N2O5S2/c1-11(20)19-13(10-26-16(19)14-5-2-6-23-14)17(22)24-9-15(21)18-8-12-4-3-7-25-12/h2-7,13,16H,8-10H2,1H3,(H,18,21)/t13-,16-/m1/s1. The lowest BCUT2D eigenvalue weighted by Gasteiger charge is -2.25. The summed E-state index contributed by atoms with van der Waals surface area (Å²) in [6.45, 7) is 1.42. The van der Waals surface area contributed by atoms with E-state index in [1.54, 1.807) is 12.1 Å². The summed E-state index contributed by atoms with van der Waals surface area (Å²) in [5.41, 5.74) is 0. The molecular weight excluding hydrogens is 376 g/mol. The zero-order valence-corrected chi connectivity index (χ0v) is 15.7. The minimum atomic E-state index is -0.738. The smallest absolute Gasteiger partial charge is 0.330 e. The predicted molar refractivity (Wildman–Crippen MR) is 97.3 cm³/mol. The fourth-order valence-corrected chi connectivity index (χ4v) is 4.67. The highest BCUT2D eigenvalue weighted by atomic mass is 32.2. The van der Waals surface area contributed by atoms with Gasteiger partial charge in [-0.1, -0.05) is 6.07 Å². The van der Waals surface area contributed by atoms with E-state index in [4.69, 9.17) is 9.15 Å². The van der Waals surface area contributed by atoms with Gasteiger partial charge < -0.3 is 19.4 Å². The molecule has 3 rings (SSSR count). The Morgan fingerprint density at radius 3 is 2.85 bits per heavy atom. The van der Waals surface area contributed by atoms with Crippen molar-refractivity contribution in [1.29, 1.82) is 0 Å². The molecule has 0 spiro atoms. The van der Waals surface area contributed by atoms with Crippen LogP contribution in [0.1, 0.15) is 22.9 Å². The summed E-state index contributed by atoms with van der Waals surface area (Å²) in [5, 5.41) is 4.24. The Morgan fingerprint density at radius 2 is 2.19 bits per heavy atom. The highest BCUT2D eigenvalue weighted by molar-refractivity contribution is 7.99. The number of hydrogen-bond donors (Lipinski definition) is 1. The second-order valence-electron chi connectivity index (χ2n) is 5.61. The molecule has 1 aliphatic rings. The van der Waals surface area contributed by atoms with E-state index in [0.29, 0.717) is 18.1 Å². The summed E-state index contributed by atoms with van der Waals surface area (Å²) in [7, 11) is 0. The maximum Gasteiger partial charge on any atom is 0.330 e. The summed E-state index contributed by atoms with van der Waals surface area (Å²) in [4.78, 5) is 38.7. The van der Waals surface area contributed by atoms with Crippen molar-refractivity contribution in [2.24, 2.45) is 0 Å². The molecule has 0 saturated carbocycles. The van der Waals surface area contributed by atoms with Gasteiger partial charge in [-0.2, -0.15) is 0 Å². The van der Waals surface area contributed by atoms with Gasteiger partial charge in [-0.05, 0) is 23.6 Å². The number of rotatable bonds is 6. The van der Waals surface area contributed by atoms with Gasteiger partial charge in [0.05, 0.1) is 12.8 Å². The van der Waals surface area contributed by atoms with Crippen LogP contribution < -0.4 is 5.32 Å². The summed E-state index contributed by atoms with van der Waals surface area (Å²) in [6, 6.07) is 6.57. The number of esters is 1. The van der Waals surface area contributed by atoms with Gasteiger partial charge in [0, 0.05) is 17.6 Å². The molecule has 0 radical (unpaired) electrons. The zero-order chi connectivity index (χ0) is 18.5. The normalized spacial score (nSPS) is 19.3. The molecule has 2 aromatic heterocycles. The van der Waals surface area contributed by atoms with E-state index in [9.17, 15) is 14.4 Å². The van der Waals surface area contributed by atoms with Crippen molar-refractivity contribution in [3.63, 3.8) is 0 Å². The van der Waals surface area contributed by atoms with Gasteiger partial charge >= 0.3 is 5.97 Å². The molecule has 1 N–H and O–H groups in total. The molecule has 1 fully saturated rings. The van der Waals surface area contributed by atoms with Crippen LogP contribution in [0.5, 0.6) is 0 Å². The second kappa shape index (κ2) is 8.41. The summed E-state index contributed by atoms with van der Waals surface area (Å²) < 4.78 is 10.5. The van der Waals surface area contributed by atoms with Crippen LogP contribution in [0.4, 0.5) is 0 Å². The van der Waals surface area contributed by atoms with Crippen molar-refractivity contribution in [2.45, 2.75) is 24.9 Å². The third kappa shape index (κ3) is 4.28. The van der Waals surface area contributed by atoms with E-state index in [-0.39, 0.29) is 23.8 Å². The Hall–Kier alpha value is -2.26. The quantitative estimate of drug-likeness (QED) is 0.756. The van der Waals surface area contributed by atoms with Gasteiger partial charge in [0.2, 0.25) is 5.91 Å². The van der Waals surface area contributed by atoms with Gasteiger partial charge in [-0.25, -0.2) is 4.79 Å². The molecule has 7 nitrogen and oxygen atoms in total. The molecule has 2 aromatic rings. The van der Waals surface area contributed by atoms with Gasteiger partial charge in [-0.3, -0.25) is 9.59 Å². The molecule has 0 aliphatic carbocycles. The Labute approximate surface area is 158 Å².